The highest BCUT2D eigenvalue weighted by Crippen LogP contribution is 2.23. The smallest absolute Gasteiger partial charge is 0.244 e. The Morgan fingerprint density at radius 1 is 0.933 bits per heavy atom. The summed E-state index contributed by atoms with van der Waals surface area (Å²) in [7, 11) is 7.31. The summed E-state index contributed by atoms with van der Waals surface area (Å²) in [6.07, 6.45) is 3.41. The number of methoxy groups -OCH3 is 2. The third-order valence-electron chi connectivity index (χ3n) is 5.09. The Morgan fingerprint density at radius 3 is 2.23 bits per heavy atom. The van der Waals surface area contributed by atoms with E-state index in [4.69, 9.17) is 9.47 Å². The molecule has 1 N–H and O–H groups in total. The molecule has 5 nitrogen and oxygen atoms in total. The van der Waals surface area contributed by atoms with Crippen LogP contribution in [0.15, 0.2) is 66.7 Å². The van der Waals surface area contributed by atoms with Crippen LogP contribution >= 0.6 is 0 Å². The van der Waals surface area contributed by atoms with Gasteiger partial charge in [-0.2, -0.15) is 0 Å². The topological polar surface area (TPSA) is 50.8 Å². The fourth-order valence-corrected chi connectivity index (χ4v) is 3.33. The summed E-state index contributed by atoms with van der Waals surface area (Å²) < 4.78 is 10.5. The van der Waals surface area contributed by atoms with Gasteiger partial charge in [0, 0.05) is 12.6 Å². The highest BCUT2D eigenvalue weighted by Gasteiger charge is 2.14. The third kappa shape index (κ3) is 5.39. The average molecular weight is 405 g/mol. The SMILES string of the molecule is COc1ccc(C(CNC(=O)/C=C/c2ccc3cc(OC)ccc3c2)N(C)C)cc1. The standard InChI is InChI=1S/C25H28N2O3/c1-27(2)24(19-8-11-22(29-3)12-9-19)17-26-25(28)14-6-18-5-7-21-16-23(30-4)13-10-20(21)15-18/h5-16,24H,17H2,1-4H3,(H,26,28)/b14-6+. The number of carbonyl (C=O) groups excluding carboxylic acids is 1. The van der Waals surface area contributed by atoms with Crippen molar-refractivity contribution in [3.05, 3.63) is 77.9 Å². The van der Waals surface area contributed by atoms with E-state index in [1.807, 2.05) is 74.8 Å². The summed E-state index contributed by atoms with van der Waals surface area (Å²) in [6.45, 7) is 0.514. The van der Waals surface area contributed by atoms with Crippen molar-refractivity contribution in [2.24, 2.45) is 0 Å². The van der Waals surface area contributed by atoms with Gasteiger partial charge in [0.15, 0.2) is 0 Å². The van der Waals surface area contributed by atoms with Gasteiger partial charge < -0.3 is 19.7 Å². The molecule has 3 aromatic carbocycles. The van der Waals surface area contributed by atoms with Crippen molar-refractivity contribution in [2.45, 2.75) is 6.04 Å². The first-order valence-corrected chi connectivity index (χ1v) is 9.84. The van der Waals surface area contributed by atoms with Crippen LogP contribution in [0.25, 0.3) is 16.8 Å². The van der Waals surface area contributed by atoms with E-state index in [1.165, 1.54) is 0 Å². The normalized spacial score (nSPS) is 12.3. The number of likely N-dealkylation sites (N-methyl/N-ethyl adjacent to an activating group) is 1. The first-order valence-electron chi connectivity index (χ1n) is 9.84. The van der Waals surface area contributed by atoms with Crippen LogP contribution < -0.4 is 14.8 Å². The fourth-order valence-electron chi connectivity index (χ4n) is 3.33. The lowest BCUT2D eigenvalue weighted by Crippen LogP contribution is -2.33. The summed E-state index contributed by atoms with van der Waals surface area (Å²) in [6, 6.07) is 20.0. The van der Waals surface area contributed by atoms with E-state index in [0.29, 0.717) is 6.54 Å². The van der Waals surface area contributed by atoms with Crippen molar-refractivity contribution in [2.75, 3.05) is 34.9 Å². The number of fused-ring (bicyclic) bond motifs is 1. The van der Waals surface area contributed by atoms with Gasteiger partial charge in [0.1, 0.15) is 11.5 Å². The molecule has 0 fully saturated rings. The Kier molecular flexibility index (Phi) is 7.09. The van der Waals surface area contributed by atoms with Crippen molar-refractivity contribution in [1.29, 1.82) is 0 Å². The highest BCUT2D eigenvalue weighted by atomic mass is 16.5. The summed E-state index contributed by atoms with van der Waals surface area (Å²) in [5, 5.41) is 5.20. The Bertz CT molecular complexity index is 1030. The molecule has 1 unspecified atom stereocenters. The van der Waals surface area contributed by atoms with Gasteiger partial charge in [-0.15, -0.1) is 0 Å². The molecule has 30 heavy (non-hydrogen) atoms. The fraction of sp³-hybridized carbons (Fsp3) is 0.240. The Morgan fingerprint density at radius 2 is 1.57 bits per heavy atom. The van der Waals surface area contributed by atoms with Gasteiger partial charge in [0.25, 0.3) is 0 Å². The van der Waals surface area contributed by atoms with Crippen molar-refractivity contribution in [1.82, 2.24) is 10.2 Å². The Hall–Kier alpha value is -3.31. The first kappa shape index (κ1) is 21.4. The van der Waals surface area contributed by atoms with Crippen molar-refractivity contribution >= 4 is 22.8 Å². The Labute approximate surface area is 177 Å². The molecule has 0 aliphatic rings. The van der Waals surface area contributed by atoms with Gasteiger partial charge in [0.2, 0.25) is 5.91 Å². The molecule has 0 saturated heterocycles. The van der Waals surface area contributed by atoms with Crippen molar-refractivity contribution in [3.8, 4) is 11.5 Å². The molecule has 3 aromatic rings. The first-order chi connectivity index (χ1) is 14.5. The number of nitrogens with zero attached hydrogens (tertiary/aromatic N) is 1. The second kappa shape index (κ2) is 9.94. The quantitative estimate of drug-likeness (QED) is 0.569. The van der Waals surface area contributed by atoms with Gasteiger partial charge in [-0.05, 0) is 72.4 Å². The monoisotopic (exact) mass is 404 g/mol. The van der Waals surface area contributed by atoms with E-state index in [2.05, 4.69) is 16.3 Å². The van der Waals surface area contributed by atoms with E-state index in [9.17, 15) is 4.79 Å². The zero-order valence-electron chi connectivity index (χ0n) is 17.9. The lowest BCUT2D eigenvalue weighted by Gasteiger charge is -2.25. The zero-order valence-corrected chi connectivity index (χ0v) is 17.9. The number of amides is 1. The minimum absolute atomic E-state index is 0.0731. The van der Waals surface area contributed by atoms with Gasteiger partial charge >= 0.3 is 0 Å². The molecule has 156 valence electrons. The maximum atomic E-state index is 12.4. The van der Waals surface area contributed by atoms with Gasteiger partial charge in [-0.3, -0.25) is 4.79 Å². The molecule has 0 saturated carbocycles. The lowest BCUT2D eigenvalue weighted by molar-refractivity contribution is -0.116. The molecular weight excluding hydrogens is 376 g/mol. The van der Waals surface area contributed by atoms with Crippen LogP contribution in [0.2, 0.25) is 0 Å². The largest absolute Gasteiger partial charge is 0.497 e. The van der Waals surface area contributed by atoms with E-state index in [1.54, 1.807) is 20.3 Å². The maximum Gasteiger partial charge on any atom is 0.244 e. The van der Waals surface area contributed by atoms with Gasteiger partial charge in [-0.1, -0.05) is 30.3 Å². The number of rotatable bonds is 8. The molecule has 0 spiro atoms. The zero-order chi connectivity index (χ0) is 21.5. The lowest BCUT2D eigenvalue weighted by atomic mass is 10.1. The van der Waals surface area contributed by atoms with Crippen molar-refractivity contribution in [3.63, 3.8) is 0 Å². The summed E-state index contributed by atoms with van der Waals surface area (Å²) in [5.74, 6) is 1.53. The summed E-state index contributed by atoms with van der Waals surface area (Å²) in [5.41, 5.74) is 2.09. The number of benzene rings is 3. The van der Waals surface area contributed by atoms with E-state index in [-0.39, 0.29) is 11.9 Å². The molecule has 0 bridgehead atoms. The number of hydrogen-bond donors (Lipinski definition) is 1. The van der Waals surface area contributed by atoms with E-state index >= 15 is 0 Å². The van der Waals surface area contributed by atoms with Crippen LogP contribution in [0.4, 0.5) is 0 Å². The molecule has 0 aromatic heterocycles. The van der Waals surface area contributed by atoms with Crippen LogP contribution in [0, 0.1) is 0 Å². The third-order valence-corrected chi connectivity index (χ3v) is 5.09. The van der Waals surface area contributed by atoms with E-state index < -0.39 is 0 Å². The van der Waals surface area contributed by atoms with Gasteiger partial charge in [-0.25, -0.2) is 0 Å². The number of hydrogen-bond acceptors (Lipinski definition) is 4. The van der Waals surface area contributed by atoms with E-state index in [0.717, 1.165) is 33.4 Å². The Balaban J connectivity index is 1.63. The van der Waals surface area contributed by atoms with Crippen LogP contribution in [-0.4, -0.2) is 45.7 Å². The maximum absolute atomic E-state index is 12.4. The molecule has 3 rings (SSSR count). The predicted octanol–water partition coefficient (Wildman–Crippen LogP) is 4.29. The molecule has 5 heteroatoms. The molecule has 1 amide bonds. The molecule has 0 aliphatic heterocycles. The van der Waals surface area contributed by atoms with Crippen LogP contribution in [0.1, 0.15) is 17.2 Å². The summed E-state index contributed by atoms with van der Waals surface area (Å²) in [4.78, 5) is 14.5. The van der Waals surface area contributed by atoms with Crippen LogP contribution in [-0.2, 0) is 4.79 Å². The average Bonchev–Trinajstić information content (AvgIpc) is 2.77. The second-order valence-corrected chi connectivity index (χ2v) is 7.30. The minimum Gasteiger partial charge on any atom is -0.497 e. The number of carbonyl (C=O) groups is 1. The second-order valence-electron chi connectivity index (χ2n) is 7.30. The molecule has 0 aliphatic carbocycles. The van der Waals surface area contributed by atoms with Crippen molar-refractivity contribution < 1.29 is 14.3 Å². The molecule has 0 heterocycles. The minimum atomic E-state index is -0.120. The molecule has 1 atom stereocenters. The van der Waals surface area contributed by atoms with Gasteiger partial charge in [0.05, 0.1) is 20.3 Å². The van der Waals surface area contributed by atoms with Crippen LogP contribution in [0.3, 0.4) is 0 Å². The number of nitrogens with one attached hydrogen (secondary N) is 1. The molecular formula is C25H28N2O3. The number of ether oxygens (including phenoxy) is 2. The predicted molar refractivity (Wildman–Crippen MR) is 122 cm³/mol. The highest BCUT2D eigenvalue weighted by molar-refractivity contribution is 5.93. The van der Waals surface area contributed by atoms with Crippen LogP contribution in [0.5, 0.6) is 11.5 Å². The summed E-state index contributed by atoms with van der Waals surface area (Å²) >= 11 is 0. The molecule has 0 radical (unpaired) electrons.